The smallest absolute Gasteiger partial charge is 0.229 e. The Hall–Kier alpha value is -2.63. The molecule has 6 nitrogen and oxygen atoms in total. The molecule has 1 aromatic carbocycles. The number of hydrogen-bond acceptors (Lipinski definition) is 4. The van der Waals surface area contributed by atoms with E-state index in [9.17, 15) is 9.59 Å². The molecule has 23 heavy (non-hydrogen) atoms. The number of aryl methyl sites for hydroxylation is 3. The van der Waals surface area contributed by atoms with E-state index in [0.29, 0.717) is 12.2 Å². The average Bonchev–Trinajstić information content (AvgIpc) is 2.81. The summed E-state index contributed by atoms with van der Waals surface area (Å²) in [6, 6.07) is 5.39. The highest BCUT2D eigenvalue weighted by atomic mass is 16.5. The van der Waals surface area contributed by atoms with Gasteiger partial charge in [0.2, 0.25) is 11.8 Å². The van der Waals surface area contributed by atoms with Gasteiger partial charge in [-0.25, -0.2) is 0 Å². The largest absolute Gasteiger partial charge is 0.361 e. The number of aromatic nitrogens is 1. The number of carbonyl (C=O) groups excluding carboxylic acids is 2. The molecular weight excluding hydrogens is 294 g/mol. The molecular formula is C17H21N3O3. The van der Waals surface area contributed by atoms with Crippen molar-refractivity contribution in [3.05, 3.63) is 40.8 Å². The molecule has 122 valence electrons. The first-order chi connectivity index (χ1) is 10.9. The first kappa shape index (κ1) is 16.7. The summed E-state index contributed by atoms with van der Waals surface area (Å²) >= 11 is 0. The van der Waals surface area contributed by atoms with Crippen LogP contribution >= 0.6 is 0 Å². The van der Waals surface area contributed by atoms with Crippen molar-refractivity contribution in [1.29, 1.82) is 0 Å². The van der Waals surface area contributed by atoms with Gasteiger partial charge >= 0.3 is 0 Å². The molecule has 2 aromatic rings. The summed E-state index contributed by atoms with van der Waals surface area (Å²) in [6.45, 7) is 7.28. The van der Waals surface area contributed by atoms with Gasteiger partial charge in [0, 0.05) is 23.4 Å². The number of rotatable bonds is 5. The van der Waals surface area contributed by atoms with Gasteiger partial charge in [0.05, 0.1) is 12.1 Å². The Morgan fingerprint density at radius 2 is 1.87 bits per heavy atom. The van der Waals surface area contributed by atoms with Crippen molar-refractivity contribution in [1.82, 2.24) is 5.16 Å². The lowest BCUT2D eigenvalue weighted by Gasteiger charge is -2.11. The molecule has 6 heteroatoms. The molecule has 0 saturated carbocycles. The summed E-state index contributed by atoms with van der Waals surface area (Å²) < 4.78 is 5.06. The fourth-order valence-corrected chi connectivity index (χ4v) is 2.24. The van der Waals surface area contributed by atoms with E-state index in [0.717, 1.165) is 28.2 Å². The van der Waals surface area contributed by atoms with Gasteiger partial charge < -0.3 is 15.2 Å². The van der Waals surface area contributed by atoms with Gasteiger partial charge in [-0.2, -0.15) is 0 Å². The third-order valence-electron chi connectivity index (χ3n) is 3.62. The average molecular weight is 315 g/mol. The van der Waals surface area contributed by atoms with E-state index in [4.69, 9.17) is 4.52 Å². The lowest BCUT2D eigenvalue weighted by molar-refractivity contribution is -0.116. The summed E-state index contributed by atoms with van der Waals surface area (Å²) in [7, 11) is 0. The van der Waals surface area contributed by atoms with Crippen molar-refractivity contribution in [3.63, 3.8) is 0 Å². The van der Waals surface area contributed by atoms with E-state index in [-0.39, 0.29) is 18.2 Å². The Morgan fingerprint density at radius 3 is 2.43 bits per heavy atom. The van der Waals surface area contributed by atoms with Crippen LogP contribution in [0.1, 0.15) is 35.9 Å². The highest BCUT2D eigenvalue weighted by Gasteiger charge is 2.14. The van der Waals surface area contributed by atoms with Gasteiger partial charge in [0.1, 0.15) is 5.76 Å². The van der Waals surface area contributed by atoms with E-state index >= 15 is 0 Å². The molecule has 0 radical (unpaired) electrons. The Labute approximate surface area is 135 Å². The monoisotopic (exact) mass is 315 g/mol. The third-order valence-corrected chi connectivity index (χ3v) is 3.62. The van der Waals surface area contributed by atoms with Gasteiger partial charge in [-0.05, 0) is 44.5 Å². The minimum Gasteiger partial charge on any atom is -0.361 e. The van der Waals surface area contributed by atoms with E-state index in [1.165, 1.54) is 0 Å². The van der Waals surface area contributed by atoms with Crippen LogP contribution in [0.3, 0.4) is 0 Å². The summed E-state index contributed by atoms with van der Waals surface area (Å²) in [5.74, 6) is 0.486. The van der Waals surface area contributed by atoms with Crippen LogP contribution in [0.2, 0.25) is 0 Å². The number of amides is 2. The standard InChI is InChI=1S/C17H21N3O3/c1-5-16(21)18-13-6-7-15(10(2)8-13)19-17(22)9-14-11(3)20-23-12(14)4/h6-8H,5,9H2,1-4H3,(H,18,21)(H,19,22). The molecule has 0 aliphatic rings. The molecule has 0 atom stereocenters. The Balaban J connectivity index is 2.05. The molecule has 0 aliphatic heterocycles. The highest BCUT2D eigenvalue weighted by Crippen LogP contribution is 2.21. The first-order valence-corrected chi connectivity index (χ1v) is 7.52. The molecule has 2 N–H and O–H groups in total. The van der Waals surface area contributed by atoms with Gasteiger partial charge in [0.15, 0.2) is 0 Å². The van der Waals surface area contributed by atoms with Crippen LogP contribution in [0.15, 0.2) is 22.7 Å². The van der Waals surface area contributed by atoms with Crippen molar-refractivity contribution in [2.75, 3.05) is 10.6 Å². The summed E-state index contributed by atoms with van der Waals surface area (Å²) in [5.41, 5.74) is 3.86. The van der Waals surface area contributed by atoms with Crippen LogP contribution in [0.25, 0.3) is 0 Å². The van der Waals surface area contributed by atoms with E-state index in [1.54, 1.807) is 26.0 Å². The predicted molar refractivity (Wildman–Crippen MR) is 88.4 cm³/mol. The van der Waals surface area contributed by atoms with Crippen molar-refractivity contribution in [2.45, 2.75) is 40.5 Å². The zero-order valence-electron chi connectivity index (χ0n) is 13.8. The maximum Gasteiger partial charge on any atom is 0.229 e. The lowest BCUT2D eigenvalue weighted by Crippen LogP contribution is -2.16. The van der Waals surface area contributed by atoms with Crippen LogP contribution in [-0.2, 0) is 16.0 Å². The Bertz CT molecular complexity index is 715. The normalized spacial score (nSPS) is 10.4. The molecule has 2 rings (SSSR count). The quantitative estimate of drug-likeness (QED) is 0.888. The molecule has 0 fully saturated rings. The number of carbonyl (C=O) groups is 2. The third kappa shape index (κ3) is 4.18. The predicted octanol–water partition coefficient (Wildman–Crippen LogP) is 3.13. The molecule has 0 aliphatic carbocycles. The topological polar surface area (TPSA) is 84.2 Å². The molecule has 2 amide bonds. The van der Waals surface area contributed by atoms with Crippen molar-refractivity contribution >= 4 is 23.2 Å². The molecule has 0 saturated heterocycles. The van der Waals surface area contributed by atoms with Gasteiger partial charge in [-0.1, -0.05) is 12.1 Å². The molecule has 1 aromatic heterocycles. The Morgan fingerprint density at radius 1 is 1.13 bits per heavy atom. The fourth-order valence-electron chi connectivity index (χ4n) is 2.24. The maximum absolute atomic E-state index is 12.2. The second-order valence-corrected chi connectivity index (χ2v) is 5.46. The first-order valence-electron chi connectivity index (χ1n) is 7.52. The fraction of sp³-hybridized carbons (Fsp3) is 0.353. The van der Waals surface area contributed by atoms with E-state index in [2.05, 4.69) is 15.8 Å². The van der Waals surface area contributed by atoms with Crippen LogP contribution in [-0.4, -0.2) is 17.0 Å². The second-order valence-electron chi connectivity index (χ2n) is 5.46. The summed E-state index contributed by atoms with van der Waals surface area (Å²) in [5, 5.41) is 9.51. The lowest BCUT2D eigenvalue weighted by atomic mass is 10.1. The SMILES string of the molecule is CCC(=O)Nc1ccc(NC(=O)Cc2c(C)noc2C)c(C)c1. The number of benzene rings is 1. The molecule has 0 spiro atoms. The summed E-state index contributed by atoms with van der Waals surface area (Å²) in [6.07, 6.45) is 0.643. The van der Waals surface area contributed by atoms with Gasteiger partial charge in [-0.15, -0.1) is 0 Å². The zero-order valence-corrected chi connectivity index (χ0v) is 13.8. The molecule has 0 bridgehead atoms. The molecule has 1 heterocycles. The number of hydrogen-bond donors (Lipinski definition) is 2. The summed E-state index contributed by atoms with van der Waals surface area (Å²) in [4.78, 5) is 23.6. The van der Waals surface area contributed by atoms with Crippen molar-refractivity contribution in [3.8, 4) is 0 Å². The van der Waals surface area contributed by atoms with Gasteiger partial charge in [0.25, 0.3) is 0 Å². The van der Waals surface area contributed by atoms with Crippen LogP contribution in [0.4, 0.5) is 11.4 Å². The van der Waals surface area contributed by atoms with E-state index in [1.807, 2.05) is 19.9 Å². The van der Waals surface area contributed by atoms with E-state index < -0.39 is 0 Å². The minimum absolute atomic E-state index is 0.0420. The van der Waals surface area contributed by atoms with Crippen molar-refractivity contribution < 1.29 is 14.1 Å². The maximum atomic E-state index is 12.2. The second kappa shape index (κ2) is 7.09. The Kier molecular flexibility index (Phi) is 5.16. The minimum atomic E-state index is -0.132. The van der Waals surface area contributed by atoms with Crippen LogP contribution in [0.5, 0.6) is 0 Å². The van der Waals surface area contributed by atoms with Gasteiger partial charge in [-0.3, -0.25) is 9.59 Å². The van der Waals surface area contributed by atoms with Crippen LogP contribution < -0.4 is 10.6 Å². The number of nitrogens with zero attached hydrogens (tertiary/aromatic N) is 1. The van der Waals surface area contributed by atoms with Crippen molar-refractivity contribution in [2.24, 2.45) is 0 Å². The highest BCUT2D eigenvalue weighted by molar-refractivity contribution is 5.94. The number of nitrogens with one attached hydrogen (secondary N) is 2. The zero-order chi connectivity index (χ0) is 17.0. The van der Waals surface area contributed by atoms with Crippen LogP contribution in [0, 0.1) is 20.8 Å². The number of anilines is 2. The molecule has 0 unspecified atom stereocenters.